The lowest BCUT2D eigenvalue weighted by atomic mass is 9.72. The lowest BCUT2D eigenvalue weighted by Crippen LogP contribution is -2.44. The second-order valence-corrected chi connectivity index (χ2v) is 7.82. The Labute approximate surface area is 167 Å². The van der Waals surface area contributed by atoms with Gasteiger partial charge in [-0.25, -0.2) is 0 Å². The summed E-state index contributed by atoms with van der Waals surface area (Å²) in [6.07, 6.45) is 0.0154. The van der Waals surface area contributed by atoms with Crippen molar-refractivity contribution in [2.45, 2.75) is 33.1 Å². The number of aromatic nitrogens is 1. The van der Waals surface area contributed by atoms with E-state index in [1.807, 2.05) is 44.2 Å². The molecule has 0 spiro atoms. The number of aryl methyl sites for hydroxylation is 2. The van der Waals surface area contributed by atoms with Gasteiger partial charge >= 0.3 is 11.9 Å². The van der Waals surface area contributed by atoms with Crippen LogP contribution in [0.4, 0.5) is 0 Å². The van der Waals surface area contributed by atoms with E-state index in [0.29, 0.717) is 22.3 Å². The average molecular weight is 391 g/mol. The summed E-state index contributed by atoms with van der Waals surface area (Å²) in [7, 11) is 0. The number of carboxylic acid groups (broad SMARTS) is 2. The molecule has 0 saturated carbocycles. The summed E-state index contributed by atoms with van der Waals surface area (Å²) >= 11 is 0. The third-order valence-electron chi connectivity index (χ3n) is 5.92. The smallest absolute Gasteiger partial charge is 0.321 e. The molecule has 148 valence electrons. The number of carbonyl (C=O) groups is 3. The maximum absolute atomic E-state index is 13.3. The fourth-order valence-corrected chi connectivity index (χ4v) is 4.22. The van der Waals surface area contributed by atoms with Crippen molar-refractivity contribution in [3.8, 4) is 0 Å². The molecular formula is C23H21NO5. The Kier molecular flexibility index (Phi) is 4.30. The van der Waals surface area contributed by atoms with Crippen molar-refractivity contribution in [3.05, 3.63) is 70.4 Å². The van der Waals surface area contributed by atoms with Gasteiger partial charge in [0.2, 0.25) is 0 Å². The molecular weight excluding hydrogens is 370 g/mol. The SMILES string of the molecule is Cc1ccc(C(=O)n2c3c(c4cc(C)ccc42)CC(C(=O)O)(C(=O)O)CC3)cc1. The minimum Gasteiger partial charge on any atom is -0.480 e. The van der Waals surface area contributed by atoms with Gasteiger partial charge in [0.1, 0.15) is 0 Å². The van der Waals surface area contributed by atoms with Crippen molar-refractivity contribution in [1.29, 1.82) is 0 Å². The Bertz CT molecular complexity index is 1160. The van der Waals surface area contributed by atoms with Crippen LogP contribution in [0.25, 0.3) is 10.9 Å². The molecule has 0 bridgehead atoms. The van der Waals surface area contributed by atoms with Gasteiger partial charge in [0.15, 0.2) is 5.41 Å². The number of carboxylic acids is 2. The molecule has 3 aromatic rings. The third kappa shape index (κ3) is 2.83. The molecule has 29 heavy (non-hydrogen) atoms. The van der Waals surface area contributed by atoms with Crippen LogP contribution >= 0.6 is 0 Å². The predicted octanol–water partition coefficient (Wildman–Crippen LogP) is 3.59. The first-order valence-electron chi connectivity index (χ1n) is 9.45. The van der Waals surface area contributed by atoms with Crippen molar-refractivity contribution in [2.75, 3.05) is 0 Å². The standard InChI is InChI=1S/C23H21NO5/c1-13-3-6-15(7-4-13)20(25)24-18-8-5-14(2)11-16(18)17-12-23(21(26)27,22(28)29)10-9-19(17)24/h3-8,11H,9-10,12H2,1-2H3,(H,26,27)(H,28,29). The Balaban J connectivity index is 1.95. The molecule has 1 aliphatic rings. The second kappa shape index (κ2) is 6.58. The van der Waals surface area contributed by atoms with Crippen LogP contribution in [0.3, 0.4) is 0 Å². The maximum atomic E-state index is 13.3. The summed E-state index contributed by atoms with van der Waals surface area (Å²) in [4.78, 5) is 37.1. The average Bonchev–Trinajstić information content (AvgIpc) is 3.00. The highest BCUT2D eigenvalue weighted by Gasteiger charge is 2.50. The van der Waals surface area contributed by atoms with E-state index in [9.17, 15) is 24.6 Å². The van der Waals surface area contributed by atoms with Crippen LogP contribution in [0.2, 0.25) is 0 Å². The molecule has 0 amide bonds. The molecule has 0 atom stereocenters. The fourth-order valence-electron chi connectivity index (χ4n) is 4.22. The van der Waals surface area contributed by atoms with Gasteiger partial charge in [0.05, 0.1) is 5.52 Å². The minimum absolute atomic E-state index is 0.0544. The monoisotopic (exact) mass is 391 g/mol. The highest BCUT2D eigenvalue weighted by molar-refractivity contribution is 6.05. The molecule has 6 nitrogen and oxygen atoms in total. The zero-order chi connectivity index (χ0) is 20.9. The van der Waals surface area contributed by atoms with Crippen molar-refractivity contribution in [1.82, 2.24) is 4.57 Å². The van der Waals surface area contributed by atoms with Crippen LogP contribution in [0.15, 0.2) is 42.5 Å². The Morgan fingerprint density at radius 3 is 2.17 bits per heavy atom. The van der Waals surface area contributed by atoms with Crippen molar-refractivity contribution in [2.24, 2.45) is 5.41 Å². The molecule has 0 fully saturated rings. The minimum atomic E-state index is -1.87. The first kappa shape index (κ1) is 18.9. The van der Waals surface area contributed by atoms with E-state index >= 15 is 0 Å². The number of fused-ring (bicyclic) bond motifs is 3. The van der Waals surface area contributed by atoms with E-state index in [1.54, 1.807) is 16.7 Å². The number of nitrogens with zero attached hydrogens (tertiary/aromatic N) is 1. The molecule has 1 aliphatic carbocycles. The van der Waals surface area contributed by atoms with Gasteiger partial charge in [0.25, 0.3) is 5.91 Å². The quantitative estimate of drug-likeness (QED) is 0.665. The number of hydrogen-bond acceptors (Lipinski definition) is 3. The molecule has 2 aromatic carbocycles. The van der Waals surface area contributed by atoms with Gasteiger partial charge in [-0.05, 0) is 56.5 Å². The van der Waals surface area contributed by atoms with Gasteiger partial charge < -0.3 is 10.2 Å². The zero-order valence-corrected chi connectivity index (χ0v) is 16.2. The molecule has 1 heterocycles. The van der Waals surface area contributed by atoms with Crippen LogP contribution in [0.1, 0.15) is 39.2 Å². The molecule has 1 aromatic heterocycles. The van der Waals surface area contributed by atoms with Crippen molar-refractivity contribution >= 4 is 28.7 Å². The van der Waals surface area contributed by atoms with Gasteiger partial charge in [-0.3, -0.25) is 19.0 Å². The predicted molar refractivity (Wildman–Crippen MR) is 107 cm³/mol. The topological polar surface area (TPSA) is 96.6 Å². The number of aliphatic carboxylic acids is 2. The van der Waals surface area contributed by atoms with E-state index < -0.39 is 17.4 Å². The van der Waals surface area contributed by atoms with E-state index in [0.717, 1.165) is 16.5 Å². The first-order chi connectivity index (χ1) is 13.7. The van der Waals surface area contributed by atoms with E-state index in [2.05, 4.69) is 0 Å². The number of benzene rings is 2. The van der Waals surface area contributed by atoms with Crippen LogP contribution in [-0.2, 0) is 22.4 Å². The summed E-state index contributed by atoms with van der Waals surface area (Å²) in [5.74, 6) is -2.87. The molecule has 0 aliphatic heterocycles. The Morgan fingerprint density at radius 1 is 0.931 bits per heavy atom. The van der Waals surface area contributed by atoms with E-state index in [4.69, 9.17) is 0 Å². The maximum Gasteiger partial charge on any atom is 0.321 e. The van der Waals surface area contributed by atoms with Gasteiger partial charge in [-0.1, -0.05) is 29.3 Å². The Morgan fingerprint density at radius 2 is 1.55 bits per heavy atom. The fraction of sp³-hybridized carbons (Fsp3) is 0.261. The third-order valence-corrected chi connectivity index (χ3v) is 5.92. The molecule has 4 rings (SSSR count). The van der Waals surface area contributed by atoms with E-state index in [-0.39, 0.29) is 25.2 Å². The highest BCUT2D eigenvalue weighted by atomic mass is 16.4. The lowest BCUT2D eigenvalue weighted by molar-refractivity contribution is -0.165. The molecule has 6 heteroatoms. The summed E-state index contributed by atoms with van der Waals surface area (Å²) < 4.78 is 1.63. The van der Waals surface area contributed by atoms with Crippen LogP contribution in [-0.4, -0.2) is 32.6 Å². The number of hydrogen-bond donors (Lipinski definition) is 2. The molecule has 2 N–H and O–H groups in total. The number of carbonyl (C=O) groups excluding carboxylic acids is 1. The molecule has 0 unspecified atom stereocenters. The first-order valence-corrected chi connectivity index (χ1v) is 9.45. The summed E-state index contributed by atoms with van der Waals surface area (Å²) in [5, 5.41) is 20.1. The van der Waals surface area contributed by atoms with Crippen LogP contribution < -0.4 is 0 Å². The van der Waals surface area contributed by atoms with Crippen LogP contribution in [0.5, 0.6) is 0 Å². The van der Waals surface area contributed by atoms with Gasteiger partial charge in [-0.15, -0.1) is 0 Å². The summed E-state index contributed by atoms with van der Waals surface area (Å²) in [6, 6.07) is 12.9. The van der Waals surface area contributed by atoms with Crippen molar-refractivity contribution in [3.63, 3.8) is 0 Å². The highest BCUT2D eigenvalue weighted by Crippen LogP contribution is 2.41. The molecule has 0 saturated heterocycles. The largest absolute Gasteiger partial charge is 0.480 e. The Hall–Kier alpha value is -3.41. The normalized spacial score (nSPS) is 15.1. The van der Waals surface area contributed by atoms with Gasteiger partial charge in [-0.2, -0.15) is 0 Å². The zero-order valence-electron chi connectivity index (χ0n) is 16.2. The lowest BCUT2D eigenvalue weighted by Gasteiger charge is -2.29. The van der Waals surface area contributed by atoms with E-state index in [1.165, 1.54) is 0 Å². The van der Waals surface area contributed by atoms with Crippen LogP contribution in [0, 0.1) is 19.3 Å². The second-order valence-electron chi connectivity index (χ2n) is 7.82. The van der Waals surface area contributed by atoms with Gasteiger partial charge in [0, 0.05) is 23.1 Å². The molecule has 0 radical (unpaired) electrons. The summed E-state index contributed by atoms with van der Waals surface area (Å²) in [5.41, 5.74) is 2.69. The number of rotatable bonds is 3. The summed E-state index contributed by atoms with van der Waals surface area (Å²) in [6.45, 7) is 3.86. The van der Waals surface area contributed by atoms with Crippen molar-refractivity contribution < 1.29 is 24.6 Å².